The predicted molar refractivity (Wildman–Crippen MR) is 93.3 cm³/mol. The molecule has 0 bridgehead atoms. The molecule has 0 aliphatic carbocycles. The minimum atomic E-state index is 0.800. The van der Waals surface area contributed by atoms with Crippen molar-refractivity contribution in [1.29, 1.82) is 0 Å². The van der Waals surface area contributed by atoms with Crippen molar-refractivity contribution in [2.45, 2.75) is 6.92 Å². The zero-order valence-electron chi connectivity index (χ0n) is 9.88. The van der Waals surface area contributed by atoms with Crippen molar-refractivity contribution < 1.29 is 4.74 Å². The third kappa shape index (κ3) is 3.63. The van der Waals surface area contributed by atoms with Gasteiger partial charge in [-0.25, -0.2) is 0 Å². The van der Waals surface area contributed by atoms with Crippen LogP contribution in [0, 0.1) is 6.61 Å². The van der Waals surface area contributed by atoms with Crippen LogP contribution in [0.5, 0.6) is 5.75 Å². The first-order valence-electron chi connectivity index (χ1n) is 5.42. The minimum absolute atomic E-state index is 0.800. The Labute approximate surface area is 146 Å². The maximum atomic E-state index is 5.64. The maximum absolute atomic E-state index is 5.64. The molecule has 0 saturated heterocycles. The van der Waals surface area contributed by atoms with E-state index in [1.54, 1.807) is 6.61 Å². The van der Waals surface area contributed by atoms with Gasteiger partial charge < -0.3 is 4.74 Å². The summed E-state index contributed by atoms with van der Waals surface area (Å²) in [4.78, 5) is 0. The Hall–Kier alpha value is 0.160. The fourth-order valence-electron chi connectivity index (χ4n) is 1.71. The van der Waals surface area contributed by atoms with Crippen LogP contribution in [0.25, 0.3) is 11.1 Å². The fraction of sp³-hybridized carbons (Fsp3) is 0.0714. The average Bonchev–Trinajstić information content (AvgIpc) is 2.32. The molecule has 19 heavy (non-hydrogen) atoms. The number of hydrogen-bond donors (Lipinski definition) is 0. The minimum Gasteiger partial charge on any atom is -0.485 e. The number of rotatable bonds is 3. The second kappa shape index (κ2) is 6.74. The standard InChI is InChI=1S/C14H9Br4O/c1-2-19-14-11(5-9(16)7-13(14)18)10-4-3-8(15)6-12(10)17/h2-7H,1H3. The Bertz CT molecular complexity index is 611. The predicted octanol–water partition coefficient (Wildman–Crippen LogP) is 6.96. The first kappa shape index (κ1) is 15.5. The zero-order chi connectivity index (χ0) is 14.0. The highest BCUT2D eigenvalue weighted by Gasteiger charge is 2.14. The highest BCUT2D eigenvalue weighted by Crippen LogP contribution is 2.42. The van der Waals surface area contributed by atoms with Crippen LogP contribution >= 0.6 is 63.7 Å². The van der Waals surface area contributed by atoms with Crippen molar-refractivity contribution in [2.75, 3.05) is 0 Å². The van der Waals surface area contributed by atoms with Gasteiger partial charge in [-0.2, -0.15) is 0 Å². The van der Waals surface area contributed by atoms with Crippen LogP contribution in [0.1, 0.15) is 6.92 Å². The molecule has 0 saturated carbocycles. The van der Waals surface area contributed by atoms with Crippen molar-refractivity contribution in [3.8, 4) is 16.9 Å². The lowest BCUT2D eigenvalue weighted by molar-refractivity contribution is 0.415. The van der Waals surface area contributed by atoms with E-state index in [0.29, 0.717) is 0 Å². The van der Waals surface area contributed by atoms with Gasteiger partial charge in [0, 0.05) is 19.0 Å². The monoisotopic (exact) mass is 509 g/mol. The third-order valence-electron chi connectivity index (χ3n) is 2.47. The van der Waals surface area contributed by atoms with E-state index in [2.05, 4.69) is 63.7 Å². The molecule has 2 aromatic carbocycles. The molecule has 0 spiro atoms. The van der Waals surface area contributed by atoms with Gasteiger partial charge in [0.25, 0.3) is 0 Å². The summed E-state index contributed by atoms with van der Waals surface area (Å²) in [5.74, 6) is 0.800. The van der Waals surface area contributed by atoms with E-state index in [0.717, 1.165) is 34.8 Å². The molecule has 0 atom stereocenters. The van der Waals surface area contributed by atoms with E-state index in [1.165, 1.54) is 0 Å². The van der Waals surface area contributed by atoms with E-state index in [-0.39, 0.29) is 0 Å². The molecule has 0 amide bonds. The van der Waals surface area contributed by atoms with Gasteiger partial charge in [0.15, 0.2) is 0 Å². The van der Waals surface area contributed by atoms with Gasteiger partial charge >= 0.3 is 0 Å². The van der Waals surface area contributed by atoms with Crippen molar-refractivity contribution in [2.24, 2.45) is 0 Å². The Morgan fingerprint density at radius 1 is 0.842 bits per heavy atom. The summed E-state index contributed by atoms with van der Waals surface area (Å²) in [6, 6.07) is 10.1. The van der Waals surface area contributed by atoms with Crippen LogP contribution < -0.4 is 4.74 Å². The lowest BCUT2D eigenvalue weighted by atomic mass is 10.0. The van der Waals surface area contributed by atoms with Gasteiger partial charge in [-0.3, -0.25) is 0 Å². The molecular weight excluding hydrogens is 504 g/mol. The highest BCUT2D eigenvalue weighted by molar-refractivity contribution is 9.11. The summed E-state index contributed by atoms with van der Waals surface area (Å²) >= 11 is 14.1. The van der Waals surface area contributed by atoms with E-state index < -0.39 is 0 Å². The summed E-state index contributed by atoms with van der Waals surface area (Å²) in [5.41, 5.74) is 2.08. The number of ether oxygens (including phenoxy) is 1. The molecule has 0 fully saturated rings. The molecule has 0 N–H and O–H groups in total. The molecular formula is C14H9Br4O. The molecule has 2 aromatic rings. The molecule has 2 rings (SSSR count). The lowest BCUT2D eigenvalue weighted by Gasteiger charge is -2.14. The molecule has 0 aliphatic heterocycles. The third-order valence-corrected chi connectivity index (χ3v) is 4.66. The van der Waals surface area contributed by atoms with Gasteiger partial charge in [0.1, 0.15) is 12.4 Å². The smallest absolute Gasteiger partial charge is 0.142 e. The SMILES string of the molecule is C[CH]Oc1c(Br)cc(Br)cc1-c1ccc(Br)cc1Br. The van der Waals surface area contributed by atoms with Crippen molar-refractivity contribution in [3.63, 3.8) is 0 Å². The molecule has 0 heterocycles. The van der Waals surface area contributed by atoms with Crippen LogP contribution in [0.4, 0.5) is 0 Å². The van der Waals surface area contributed by atoms with Gasteiger partial charge in [-0.05, 0) is 52.7 Å². The highest BCUT2D eigenvalue weighted by atomic mass is 79.9. The Morgan fingerprint density at radius 2 is 1.53 bits per heavy atom. The summed E-state index contributed by atoms with van der Waals surface area (Å²) in [5, 5.41) is 0. The van der Waals surface area contributed by atoms with Crippen LogP contribution in [0.15, 0.2) is 48.2 Å². The number of hydrogen-bond acceptors (Lipinski definition) is 1. The Balaban J connectivity index is 2.66. The van der Waals surface area contributed by atoms with Crippen LogP contribution in [0.2, 0.25) is 0 Å². The maximum Gasteiger partial charge on any atom is 0.142 e. The molecule has 99 valence electrons. The second-order valence-electron chi connectivity index (χ2n) is 3.74. The number of halogens is 4. The van der Waals surface area contributed by atoms with Gasteiger partial charge in [-0.15, -0.1) is 0 Å². The van der Waals surface area contributed by atoms with E-state index in [4.69, 9.17) is 4.74 Å². The van der Waals surface area contributed by atoms with Gasteiger partial charge in [-0.1, -0.05) is 53.9 Å². The molecule has 1 nitrogen and oxygen atoms in total. The van der Waals surface area contributed by atoms with E-state index in [9.17, 15) is 0 Å². The van der Waals surface area contributed by atoms with Crippen molar-refractivity contribution in [1.82, 2.24) is 0 Å². The lowest BCUT2D eigenvalue weighted by Crippen LogP contribution is -1.92. The Kier molecular flexibility index (Phi) is 5.52. The quantitative estimate of drug-likeness (QED) is 0.432. The molecule has 0 aliphatic rings. The largest absolute Gasteiger partial charge is 0.485 e. The van der Waals surface area contributed by atoms with E-state index in [1.807, 2.05) is 37.3 Å². The summed E-state index contributed by atoms with van der Waals surface area (Å²) < 4.78 is 9.57. The zero-order valence-corrected chi connectivity index (χ0v) is 16.2. The van der Waals surface area contributed by atoms with Crippen molar-refractivity contribution >= 4 is 63.7 Å². The van der Waals surface area contributed by atoms with Crippen LogP contribution in [-0.4, -0.2) is 0 Å². The average molecular weight is 513 g/mol. The molecule has 5 heteroatoms. The number of benzene rings is 2. The molecule has 0 aromatic heterocycles. The van der Waals surface area contributed by atoms with Crippen LogP contribution in [-0.2, 0) is 0 Å². The Morgan fingerprint density at radius 3 is 2.16 bits per heavy atom. The van der Waals surface area contributed by atoms with Gasteiger partial charge in [0.2, 0.25) is 0 Å². The second-order valence-corrected chi connectivity index (χ2v) is 7.28. The van der Waals surface area contributed by atoms with Gasteiger partial charge in [0.05, 0.1) is 4.47 Å². The van der Waals surface area contributed by atoms with E-state index >= 15 is 0 Å². The molecule has 0 unspecified atom stereocenters. The van der Waals surface area contributed by atoms with Crippen LogP contribution in [0.3, 0.4) is 0 Å². The van der Waals surface area contributed by atoms with Crippen molar-refractivity contribution in [3.05, 3.63) is 54.8 Å². The normalized spacial score (nSPS) is 10.6. The summed E-state index contributed by atoms with van der Waals surface area (Å²) in [6.45, 7) is 3.53. The summed E-state index contributed by atoms with van der Waals surface area (Å²) in [7, 11) is 0. The first-order valence-corrected chi connectivity index (χ1v) is 8.59. The molecule has 1 radical (unpaired) electrons. The fourth-order valence-corrected chi connectivity index (χ4v) is 4.29. The first-order chi connectivity index (χ1) is 9.02. The summed E-state index contributed by atoms with van der Waals surface area (Å²) in [6.07, 6.45) is 0. The topological polar surface area (TPSA) is 9.23 Å².